The molecule has 38 heavy (non-hydrogen) atoms. The van der Waals surface area contributed by atoms with E-state index in [0.29, 0.717) is 39.9 Å². The number of nitrogens with one attached hydrogen (secondary N) is 3. The zero-order valence-electron chi connectivity index (χ0n) is 21.1. The third-order valence-electron chi connectivity index (χ3n) is 6.20. The number of morpholine rings is 1. The van der Waals surface area contributed by atoms with E-state index in [1.807, 2.05) is 24.3 Å². The number of hydrogen-bond acceptors (Lipinski definition) is 9. The molecule has 11 heteroatoms. The smallest absolute Gasteiger partial charge is 0.260 e. The minimum atomic E-state index is -0.324. The van der Waals surface area contributed by atoms with Gasteiger partial charge in [-0.05, 0) is 61.8 Å². The Labute approximate surface area is 224 Å². The molecule has 1 fully saturated rings. The molecular formula is C27H29N7O3S. The minimum absolute atomic E-state index is 0.173. The predicted molar refractivity (Wildman–Crippen MR) is 148 cm³/mol. The molecule has 1 aliphatic rings. The second kappa shape index (κ2) is 12.1. The van der Waals surface area contributed by atoms with Gasteiger partial charge in [-0.1, -0.05) is 18.2 Å². The summed E-state index contributed by atoms with van der Waals surface area (Å²) in [5.41, 5.74) is 3.57. The highest BCUT2D eigenvalue weighted by Gasteiger charge is 2.20. The van der Waals surface area contributed by atoms with E-state index in [1.165, 1.54) is 11.5 Å². The largest absolute Gasteiger partial charge is 0.379 e. The van der Waals surface area contributed by atoms with Gasteiger partial charge in [0.25, 0.3) is 11.8 Å². The lowest BCUT2D eigenvalue weighted by molar-refractivity contribution is 0.0374. The molecule has 0 unspecified atom stereocenters. The summed E-state index contributed by atoms with van der Waals surface area (Å²) in [5, 5.41) is 9.61. The topological polar surface area (TPSA) is 121 Å². The number of hydrogen-bond donors (Lipinski definition) is 3. The zero-order chi connectivity index (χ0) is 26.3. The van der Waals surface area contributed by atoms with Gasteiger partial charge >= 0.3 is 0 Å². The number of fused-ring (bicyclic) bond motifs is 1. The van der Waals surface area contributed by atoms with E-state index in [4.69, 9.17) is 4.74 Å². The molecule has 3 heterocycles. The summed E-state index contributed by atoms with van der Waals surface area (Å²) in [6, 6.07) is 14.5. The quantitative estimate of drug-likeness (QED) is 0.279. The summed E-state index contributed by atoms with van der Waals surface area (Å²) < 4.78 is 9.72. The van der Waals surface area contributed by atoms with E-state index in [2.05, 4.69) is 35.2 Å². The Morgan fingerprint density at radius 2 is 1.87 bits per heavy atom. The molecule has 4 aromatic rings. The molecule has 0 atom stereocenters. The fraction of sp³-hybridized carbons (Fsp3) is 0.296. The average molecular weight is 532 g/mol. The molecule has 0 radical (unpaired) electrons. The number of para-hydroxylation sites is 2. The van der Waals surface area contributed by atoms with Crippen LogP contribution in [0.25, 0.3) is 11.0 Å². The van der Waals surface area contributed by atoms with Crippen molar-refractivity contribution in [2.24, 2.45) is 0 Å². The number of aromatic nitrogens is 3. The molecule has 0 aliphatic carbocycles. The lowest BCUT2D eigenvalue weighted by Crippen LogP contribution is -2.38. The van der Waals surface area contributed by atoms with Gasteiger partial charge < -0.3 is 20.7 Å². The van der Waals surface area contributed by atoms with Crippen LogP contribution in [0.1, 0.15) is 32.8 Å². The second-order valence-corrected chi connectivity index (χ2v) is 9.71. The predicted octanol–water partition coefficient (Wildman–Crippen LogP) is 3.84. The van der Waals surface area contributed by atoms with Gasteiger partial charge in [-0.25, -0.2) is 4.98 Å². The number of rotatable bonds is 9. The standard InChI is InChI=1S/C27H29N7O3S/c1-18-24(27(38-33-18)32-23-17-29-21-8-2-3-9-22(21)31-23)26(36)30-20-7-4-6-19(16-20)25(35)28-10-5-11-34-12-14-37-15-13-34/h2-4,6-9,16-17H,5,10-15H2,1H3,(H,28,35)(H,30,36)(H,31,32). The maximum absolute atomic E-state index is 13.2. The maximum Gasteiger partial charge on any atom is 0.260 e. The highest BCUT2D eigenvalue weighted by Crippen LogP contribution is 2.28. The molecule has 196 valence electrons. The molecule has 1 saturated heterocycles. The van der Waals surface area contributed by atoms with Crippen molar-refractivity contribution in [3.63, 3.8) is 0 Å². The molecule has 5 rings (SSSR count). The van der Waals surface area contributed by atoms with Crippen LogP contribution in [0, 0.1) is 6.92 Å². The highest BCUT2D eigenvalue weighted by molar-refractivity contribution is 7.10. The first-order valence-corrected chi connectivity index (χ1v) is 13.3. The second-order valence-electron chi connectivity index (χ2n) is 8.94. The van der Waals surface area contributed by atoms with Crippen molar-refractivity contribution in [1.29, 1.82) is 0 Å². The van der Waals surface area contributed by atoms with E-state index >= 15 is 0 Å². The van der Waals surface area contributed by atoms with Gasteiger partial charge in [-0.15, -0.1) is 0 Å². The summed E-state index contributed by atoms with van der Waals surface area (Å²) in [5.74, 6) is 0.0259. The Balaban J connectivity index is 1.20. The van der Waals surface area contributed by atoms with Gasteiger partial charge in [0.1, 0.15) is 10.8 Å². The molecule has 2 aromatic heterocycles. The number of carbonyl (C=O) groups is 2. The Kier molecular flexibility index (Phi) is 8.17. The molecule has 2 aromatic carbocycles. The number of anilines is 3. The Bertz CT molecular complexity index is 1440. The van der Waals surface area contributed by atoms with Gasteiger partial charge in [0, 0.05) is 30.9 Å². The van der Waals surface area contributed by atoms with E-state index in [9.17, 15) is 9.59 Å². The van der Waals surface area contributed by atoms with Crippen molar-refractivity contribution < 1.29 is 14.3 Å². The summed E-state index contributed by atoms with van der Waals surface area (Å²) in [6.45, 7) is 6.68. The molecule has 10 nitrogen and oxygen atoms in total. The monoisotopic (exact) mass is 531 g/mol. The van der Waals surface area contributed by atoms with Crippen LogP contribution < -0.4 is 16.0 Å². The van der Waals surface area contributed by atoms with Crippen LogP contribution in [0.2, 0.25) is 0 Å². The first-order valence-electron chi connectivity index (χ1n) is 12.5. The number of ether oxygens (including phenoxy) is 1. The van der Waals surface area contributed by atoms with E-state index in [-0.39, 0.29) is 11.8 Å². The van der Waals surface area contributed by atoms with Crippen LogP contribution in [-0.2, 0) is 4.74 Å². The minimum Gasteiger partial charge on any atom is -0.379 e. The van der Waals surface area contributed by atoms with Gasteiger partial charge in [-0.3, -0.25) is 19.5 Å². The Hall–Kier alpha value is -3.93. The summed E-state index contributed by atoms with van der Waals surface area (Å²) >= 11 is 1.18. The Morgan fingerprint density at radius 3 is 2.71 bits per heavy atom. The van der Waals surface area contributed by atoms with Gasteiger partial charge in [0.05, 0.1) is 41.7 Å². The lowest BCUT2D eigenvalue weighted by atomic mass is 10.1. The summed E-state index contributed by atoms with van der Waals surface area (Å²) in [7, 11) is 0. The van der Waals surface area contributed by atoms with Crippen LogP contribution >= 0.6 is 11.5 Å². The third kappa shape index (κ3) is 6.31. The van der Waals surface area contributed by atoms with Crippen LogP contribution in [0.3, 0.4) is 0 Å². The number of amides is 2. The first-order chi connectivity index (χ1) is 18.6. The van der Waals surface area contributed by atoms with Crippen LogP contribution in [-0.4, -0.2) is 70.4 Å². The van der Waals surface area contributed by atoms with Crippen molar-refractivity contribution in [3.05, 3.63) is 71.5 Å². The molecular weight excluding hydrogens is 502 g/mol. The van der Waals surface area contributed by atoms with Crippen LogP contribution in [0.15, 0.2) is 54.7 Å². The van der Waals surface area contributed by atoms with Gasteiger partial charge in [0.2, 0.25) is 0 Å². The normalized spacial score (nSPS) is 13.8. The lowest BCUT2D eigenvalue weighted by Gasteiger charge is -2.26. The molecule has 0 saturated carbocycles. The highest BCUT2D eigenvalue weighted by atomic mass is 32.1. The van der Waals surface area contributed by atoms with Gasteiger partial charge in [0.15, 0.2) is 0 Å². The van der Waals surface area contributed by atoms with E-state index < -0.39 is 0 Å². The number of benzene rings is 2. The van der Waals surface area contributed by atoms with E-state index in [1.54, 1.807) is 37.4 Å². The molecule has 0 spiro atoms. The van der Waals surface area contributed by atoms with E-state index in [0.717, 1.165) is 50.3 Å². The molecule has 2 amide bonds. The van der Waals surface area contributed by atoms with Crippen molar-refractivity contribution in [3.8, 4) is 0 Å². The average Bonchev–Trinajstić information content (AvgIpc) is 3.31. The zero-order valence-corrected chi connectivity index (χ0v) is 21.9. The number of aryl methyl sites for hydroxylation is 1. The summed E-state index contributed by atoms with van der Waals surface area (Å²) in [6.07, 6.45) is 2.49. The van der Waals surface area contributed by atoms with Crippen LogP contribution in [0.4, 0.5) is 16.5 Å². The van der Waals surface area contributed by atoms with Crippen molar-refractivity contribution in [2.75, 3.05) is 50.0 Å². The van der Waals surface area contributed by atoms with Crippen molar-refractivity contribution in [2.45, 2.75) is 13.3 Å². The maximum atomic E-state index is 13.2. The third-order valence-corrected chi connectivity index (χ3v) is 7.06. The molecule has 1 aliphatic heterocycles. The fourth-order valence-electron chi connectivity index (χ4n) is 4.22. The first kappa shape index (κ1) is 25.7. The van der Waals surface area contributed by atoms with Crippen LogP contribution in [0.5, 0.6) is 0 Å². The van der Waals surface area contributed by atoms with Crippen molar-refractivity contribution in [1.82, 2.24) is 24.6 Å². The Morgan fingerprint density at radius 1 is 1.05 bits per heavy atom. The summed E-state index contributed by atoms with van der Waals surface area (Å²) in [4.78, 5) is 37.2. The van der Waals surface area contributed by atoms with Gasteiger partial charge in [-0.2, -0.15) is 4.37 Å². The van der Waals surface area contributed by atoms with Crippen molar-refractivity contribution >= 4 is 50.9 Å². The molecule has 0 bridgehead atoms. The number of nitrogens with zero attached hydrogens (tertiary/aromatic N) is 4. The number of carbonyl (C=O) groups excluding carboxylic acids is 2. The SMILES string of the molecule is Cc1nsc(Nc2cnc3ccccc3n2)c1C(=O)Nc1cccc(C(=O)NCCCN2CCOCC2)c1. The fourth-order valence-corrected chi connectivity index (χ4v) is 5.02. The molecule has 3 N–H and O–H groups in total.